The van der Waals surface area contributed by atoms with E-state index in [1.165, 1.54) is 5.56 Å². The van der Waals surface area contributed by atoms with Gasteiger partial charge in [0, 0.05) is 29.9 Å². The van der Waals surface area contributed by atoms with Crippen LogP contribution in [0.1, 0.15) is 5.56 Å². The molecule has 2 aromatic rings. The number of aliphatic hydroxyl groups excluding tert-OH is 1. The van der Waals surface area contributed by atoms with Crippen molar-refractivity contribution in [3.8, 4) is 0 Å². The number of anilines is 2. The van der Waals surface area contributed by atoms with Gasteiger partial charge in [-0.1, -0.05) is 18.2 Å². The van der Waals surface area contributed by atoms with Crippen molar-refractivity contribution in [2.75, 3.05) is 36.2 Å². The van der Waals surface area contributed by atoms with Crippen LogP contribution in [0.4, 0.5) is 11.4 Å². The van der Waals surface area contributed by atoms with E-state index in [-0.39, 0.29) is 12.5 Å². The summed E-state index contributed by atoms with van der Waals surface area (Å²) in [6.07, 6.45) is 0. The molecular formula is C18H22N2O2S. The number of aryl methyl sites for hydroxylation is 1. The minimum Gasteiger partial charge on any atom is -0.395 e. The predicted octanol–water partition coefficient (Wildman–Crippen LogP) is 3.15. The molecule has 0 spiro atoms. The topological polar surface area (TPSA) is 52.6 Å². The van der Waals surface area contributed by atoms with Gasteiger partial charge in [0.15, 0.2) is 0 Å². The molecule has 5 heteroatoms. The second-order valence-corrected chi connectivity index (χ2v) is 6.31. The fourth-order valence-electron chi connectivity index (χ4n) is 2.14. The van der Waals surface area contributed by atoms with E-state index in [9.17, 15) is 4.79 Å². The van der Waals surface area contributed by atoms with Gasteiger partial charge in [-0.2, -0.15) is 0 Å². The van der Waals surface area contributed by atoms with E-state index < -0.39 is 0 Å². The number of thioether (sulfide) groups is 1. The molecule has 1 amide bonds. The van der Waals surface area contributed by atoms with Gasteiger partial charge in [-0.15, -0.1) is 11.8 Å². The summed E-state index contributed by atoms with van der Waals surface area (Å²) in [4.78, 5) is 15.1. The molecule has 0 unspecified atom stereocenters. The first kappa shape index (κ1) is 17.4. The van der Waals surface area contributed by atoms with Crippen LogP contribution < -0.4 is 10.2 Å². The van der Waals surface area contributed by atoms with Crippen LogP contribution in [-0.2, 0) is 4.79 Å². The Balaban J connectivity index is 1.87. The number of hydrogen-bond donors (Lipinski definition) is 2. The van der Waals surface area contributed by atoms with Gasteiger partial charge in [0.2, 0.25) is 5.91 Å². The molecule has 2 rings (SSSR count). The number of aliphatic hydroxyl groups is 1. The smallest absolute Gasteiger partial charge is 0.234 e. The van der Waals surface area contributed by atoms with Gasteiger partial charge in [-0.05, 0) is 42.8 Å². The number of rotatable bonds is 7. The zero-order valence-corrected chi connectivity index (χ0v) is 14.3. The number of carbonyl (C=O) groups is 1. The Kier molecular flexibility index (Phi) is 6.50. The van der Waals surface area contributed by atoms with Crippen LogP contribution in [-0.4, -0.2) is 37.0 Å². The molecule has 122 valence electrons. The van der Waals surface area contributed by atoms with E-state index >= 15 is 0 Å². The second kappa shape index (κ2) is 8.60. The highest BCUT2D eigenvalue weighted by atomic mass is 32.2. The molecule has 0 radical (unpaired) electrons. The molecule has 23 heavy (non-hydrogen) atoms. The zero-order chi connectivity index (χ0) is 16.7. The Labute approximate surface area is 141 Å². The molecule has 0 fully saturated rings. The molecule has 0 saturated carbocycles. The first-order valence-corrected chi connectivity index (χ1v) is 8.49. The van der Waals surface area contributed by atoms with Gasteiger partial charge in [0.05, 0.1) is 12.4 Å². The van der Waals surface area contributed by atoms with Gasteiger partial charge in [-0.25, -0.2) is 0 Å². The van der Waals surface area contributed by atoms with Crippen LogP contribution in [0.3, 0.4) is 0 Å². The largest absolute Gasteiger partial charge is 0.395 e. The number of nitrogens with zero attached hydrogens (tertiary/aromatic N) is 1. The Bertz CT molecular complexity index is 644. The second-order valence-electron chi connectivity index (χ2n) is 5.29. The van der Waals surface area contributed by atoms with Crippen molar-refractivity contribution < 1.29 is 9.90 Å². The fraction of sp³-hybridized carbons (Fsp3) is 0.278. The van der Waals surface area contributed by atoms with Crippen LogP contribution in [0, 0.1) is 6.92 Å². The van der Waals surface area contributed by atoms with Crippen LogP contribution in [0.5, 0.6) is 0 Å². The quantitative estimate of drug-likeness (QED) is 0.766. The van der Waals surface area contributed by atoms with Crippen LogP contribution in [0.15, 0.2) is 53.4 Å². The zero-order valence-electron chi connectivity index (χ0n) is 13.5. The van der Waals surface area contributed by atoms with E-state index in [1.807, 2.05) is 67.4 Å². The first-order valence-electron chi connectivity index (χ1n) is 7.50. The average molecular weight is 330 g/mol. The van der Waals surface area contributed by atoms with Crippen LogP contribution in [0.2, 0.25) is 0 Å². The minimum absolute atomic E-state index is 0.0188. The van der Waals surface area contributed by atoms with Crippen molar-refractivity contribution in [3.63, 3.8) is 0 Å². The summed E-state index contributed by atoms with van der Waals surface area (Å²) in [5.41, 5.74) is 2.97. The lowest BCUT2D eigenvalue weighted by atomic mass is 10.2. The summed E-state index contributed by atoms with van der Waals surface area (Å²) in [6, 6.07) is 15.7. The highest BCUT2D eigenvalue weighted by Crippen LogP contribution is 2.22. The van der Waals surface area contributed by atoms with Crippen molar-refractivity contribution in [1.82, 2.24) is 0 Å². The number of nitrogens with one attached hydrogen (secondary N) is 1. The molecule has 0 aromatic heterocycles. The van der Waals surface area contributed by atoms with E-state index in [4.69, 9.17) is 5.11 Å². The average Bonchev–Trinajstić information content (AvgIpc) is 2.55. The molecule has 2 N–H and O–H groups in total. The molecule has 0 bridgehead atoms. The van der Waals surface area contributed by atoms with E-state index in [2.05, 4.69) is 5.32 Å². The van der Waals surface area contributed by atoms with Gasteiger partial charge in [0.25, 0.3) is 0 Å². The van der Waals surface area contributed by atoms with Gasteiger partial charge in [-0.3, -0.25) is 4.79 Å². The SMILES string of the molecule is Cc1ccccc1SCC(=O)Nc1ccc(N(C)CCO)cc1. The molecule has 0 saturated heterocycles. The number of hydrogen-bond acceptors (Lipinski definition) is 4. The fourth-order valence-corrected chi connectivity index (χ4v) is 2.97. The molecule has 0 aliphatic heterocycles. The Morgan fingerprint density at radius 3 is 2.52 bits per heavy atom. The van der Waals surface area contributed by atoms with E-state index in [1.54, 1.807) is 11.8 Å². The van der Waals surface area contributed by atoms with Crippen molar-refractivity contribution in [2.24, 2.45) is 0 Å². The summed E-state index contributed by atoms with van der Waals surface area (Å²) in [5.74, 6) is 0.367. The molecule has 4 nitrogen and oxygen atoms in total. The maximum Gasteiger partial charge on any atom is 0.234 e. The molecule has 0 heterocycles. The maximum atomic E-state index is 12.0. The van der Waals surface area contributed by atoms with Crippen molar-refractivity contribution >= 4 is 29.0 Å². The molecule has 2 aromatic carbocycles. The minimum atomic E-state index is -0.0188. The molecule has 0 atom stereocenters. The lowest BCUT2D eigenvalue weighted by Gasteiger charge is -2.18. The van der Waals surface area contributed by atoms with Gasteiger partial charge in [0.1, 0.15) is 0 Å². The van der Waals surface area contributed by atoms with Gasteiger partial charge >= 0.3 is 0 Å². The number of benzene rings is 2. The highest BCUT2D eigenvalue weighted by molar-refractivity contribution is 8.00. The predicted molar refractivity (Wildman–Crippen MR) is 97.3 cm³/mol. The Morgan fingerprint density at radius 2 is 1.87 bits per heavy atom. The third kappa shape index (κ3) is 5.30. The van der Waals surface area contributed by atoms with Crippen LogP contribution in [0.25, 0.3) is 0 Å². The molecular weight excluding hydrogens is 308 g/mol. The lowest BCUT2D eigenvalue weighted by Crippen LogP contribution is -2.21. The number of likely N-dealkylation sites (N-methyl/N-ethyl adjacent to an activating group) is 1. The number of carbonyl (C=O) groups excluding carboxylic acids is 1. The first-order chi connectivity index (χ1) is 11.1. The third-order valence-electron chi connectivity index (χ3n) is 3.48. The molecule has 0 aliphatic rings. The van der Waals surface area contributed by atoms with Crippen molar-refractivity contribution in [1.29, 1.82) is 0 Å². The Morgan fingerprint density at radius 1 is 1.17 bits per heavy atom. The van der Waals surface area contributed by atoms with Crippen LogP contribution >= 0.6 is 11.8 Å². The van der Waals surface area contributed by atoms with E-state index in [0.717, 1.165) is 16.3 Å². The normalized spacial score (nSPS) is 10.4. The summed E-state index contributed by atoms with van der Waals surface area (Å²) in [6.45, 7) is 2.74. The lowest BCUT2D eigenvalue weighted by molar-refractivity contribution is -0.113. The van der Waals surface area contributed by atoms with Crippen molar-refractivity contribution in [2.45, 2.75) is 11.8 Å². The summed E-state index contributed by atoms with van der Waals surface area (Å²) in [7, 11) is 1.92. The van der Waals surface area contributed by atoms with Crippen molar-refractivity contribution in [3.05, 3.63) is 54.1 Å². The third-order valence-corrected chi connectivity index (χ3v) is 4.66. The van der Waals surface area contributed by atoms with E-state index in [0.29, 0.717) is 12.3 Å². The van der Waals surface area contributed by atoms with Gasteiger partial charge < -0.3 is 15.3 Å². The Hall–Kier alpha value is -1.98. The molecule has 0 aliphatic carbocycles. The number of amides is 1. The standard InChI is InChI=1S/C18H22N2O2S/c1-14-5-3-4-6-17(14)23-13-18(22)19-15-7-9-16(10-8-15)20(2)11-12-21/h3-10,21H,11-13H2,1-2H3,(H,19,22). The highest BCUT2D eigenvalue weighted by Gasteiger charge is 2.06. The summed E-state index contributed by atoms with van der Waals surface area (Å²) >= 11 is 1.54. The monoisotopic (exact) mass is 330 g/mol. The maximum absolute atomic E-state index is 12.0. The summed E-state index contributed by atoms with van der Waals surface area (Å²) in [5, 5.41) is 11.8. The summed E-state index contributed by atoms with van der Waals surface area (Å²) < 4.78 is 0.